The lowest BCUT2D eigenvalue weighted by atomic mass is 10.0. The first-order valence-electron chi connectivity index (χ1n) is 14.8. The maximum Gasteiger partial charge on any atom is 0.388 e. The maximum absolute atomic E-state index is 10.8. The van der Waals surface area contributed by atoms with Crippen LogP contribution in [-0.4, -0.2) is 81.8 Å². The van der Waals surface area contributed by atoms with Crippen molar-refractivity contribution in [1.29, 1.82) is 0 Å². The molecule has 0 aliphatic carbocycles. The zero-order chi connectivity index (χ0) is 34.4. The molecule has 3 rings (SSSR count). The fourth-order valence-corrected chi connectivity index (χ4v) is 3.74. The van der Waals surface area contributed by atoms with Gasteiger partial charge < -0.3 is 30.6 Å². The molecule has 0 aromatic heterocycles. The number of methoxy groups -OCH3 is 1. The first-order valence-corrected chi connectivity index (χ1v) is 14.8. The van der Waals surface area contributed by atoms with Gasteiger partial charge in [-0.25, -0.2) is 0 Å². The van der Waals surface area contributed by atoms with Gasteiger partial charge in [0.1, 0.15) is 17.8 Å². The molecule has 250 valence electrons. The molecule has 2 aromatic carbocycles. The third-order valence-electron chi connectivity index (χ3n) is 6.09. The van der Waals surface area contributed by atoms with Gasteiger partial charge in [0.25, 0.3) is 0 Å². The molecule has 4 N–H and O–H groups in total. The van der Waals surface area contributed by atoms with Gasteiger partial charge in [0.2, 0.25) is 0 Å². The number of alkyl halides is 3. The second-order valence-corrected chi connectivity index (χ2v) is 10.8. The number of hydrogen-bond donors (Lipinski definition) is 3. The summed E-state index contributed by atoms with van der Waals surface area (Å²) in [6.07, 6.45) is 2.19. The van der Waals surface area contributed by atoms with Crippen molar-refractivity contribution in [2.45, 2.75) is 52.6 Å². The van der Waals surface area contributed by atoms with Gasteiger partial charge in [-0.3, -0.25) is 4.90 Å². The summed E-state index contributed by atoms with van der Waals surface area (Å²) in [5.41, 5.74) is 11.3. The molecule has 0 radical (unpaired) electrons. The third-order valence-corrected chi connectivity index (χ3v) is 6.09. The summed E-state index contributed by atoms with van der Waals surface area (Å²) < 4.78 is 37.7. The highest BCUT2D eigenvalue weighted by Gasteiger charge is 2.22. The molecule has 7 nitrogen and oxygen atoms in total. The van der Waals surface area contributed by atoms with E-state index in [2.05, 4.69) is 28.6 Å². The van der Waals surface area contributed by atoms with E-state index < -0.39 is 12.6 Å². The van der Waals surface area contributed by atoms with Gasteiger partial charge in [-0.2, -0.15) is 13.2 Å². The second kappa shape index (κ2) is 22.6. The Bertz CT molecular complexity index is 1240. The Morgan fingerprint density at radius 2 is 1.78 bits per heavy atom. The zero-order valence-corrected chi connectivity index (χ0v) is 27.9. The number of aryl methyl sites for hydroxylation is 1. The number of nitrogen functional groups attached to an aromatic ring is 1. The summed E-state index contributed by atoms with van der Waals surface area (Å²) in [6.45, 7) is 11.9. The molecule has 0 atom stereocenters. The van der Waals surface area contributed by atoms with Crippen LogP contribution >= 0.6 is 0 Å². The Hall–Kier alpha value is -3.94. The van der Waals surface area contributed by atoms with Gasteiger partial charge in [-0.05, 0) is 102 Å². The second-order valence-electron chi connectivity index (χ2n) is 10.8. The quantitative estimate of drug-likeness (QED) is 0.127. The lowest BCUT2D eigenvalue weighted by molar-refractivity contribution is -0.130. The minimum Gasteiger partial charge on any atom is -0.508 e. The molecule has 0 amide bonds. The van der Waals surface area contributed by atoms with Crippen molar-refractivity contribution >= 4 is 29.5 Å². The van der Waals surface area contributed by atoms with E-state index in [1.165, 1.54) is 19.3 Å². The van der Waals surface area contributed by atoms with Gasteiger partial charge in [0.05, 0.1) is 25.9 Å². The number of aldehydes is 1. The number of hydrogen-bond acceptors (Lipinski definition) is 7. The maximum atomic E-state index is 10.8. The average Bonchev–Trinajstić information content (AvgIpc) is 2.98. The van der Waals surface area contributed by atoms with E-state index in [0.717, 1.165) is 54.4 Å². The van der Waals surface area contributed by atoms with E-state index >= 15 is 0 Å². The molecule has 1 heterocycles. The van der Waals surface area contributed by atoms with Crippen LogP contribution in [-0.2, 0) is 4.79 Å². The first-order chi connectivity index (χ1) is 21.1. The number of rotatable bonds is 7. The summed E-state index contributed by atoms with van der Waals surface area (Å²) >= 11 is 0. The van der Waals surface area contributed by atoms with E-state index in [-0.39, 0.29) is 5.76 Å². The predicted octanol–water partition coefficient (Wildman–Crippen LogP) is 7.44. The Balaban J connectivity index is 0.000000824. The Morgan fingerprint density at radius 3 is 2.27 bits per heavy atom. The van der Waals surface area contributed by atoms with Gasteiger partial charge in [-0.15, -0.1) is 0 Å². The van der Waals surface area contributed by atoms with Gasteiger partial charge in [-0.1, -0.05) is 43.9 Å². The molecule has 1 aliphatic rings. The summed E-state index contributed by atoms with van der Waals surface area (Å²) in [6, 6.07) is 11.2. The van der Waals surface area contributed by atoms with Crippen molar-refractivity contribution in [2.24, 2.45) is 0 Å². The average molecular weight is 633 g/mol. The summed E-state index contributed by atoms with van der Waals surface area (Å²) in [4.78, 5) is 14.2. The van der Waals surface area contributed by atoms with E-state index in [1.54, 1.807) is 19.2 Å². The Kier molecular flexibility index (Phi) is 20.6. The zero-order valence-electron chi connectivity index (χ0n) is 27.9. The molecule has 10 heteroatoms. The number of carbonyl (C=O) groups excluding carboxylic acids is 1. The SMILES string of the molecule is C=C(O)c1ccc(NCC#C/C(C)=C/c2c(C)cccc2N)c(OC)c1.CCC(F)(F)F.CN(C)C.O=CCN1CCCCC1. The van der Waals surface area contributed by atoms with Gasteiger partial charge in [0.15, 0.2) is 0 Å². The molecular weight excluding hydrogens is 581 g/mol. The minimum absolute atomic E-state index is 0.00545. The number of ether oxygens (including phenoxy) is 1. The first kappa shape index (κ1) is 41.1. The highest BCUT2D eigenvalue weighted by atomic mass is 19.4. The fourth-order valence-electron chi connectivity index (χ4n) is 3.74. The molecule has 1 saturated heterocycles. The van der Waals surface area contributed by atoms with E-state index in [9.17, 15) is 23.1 Å². The van der Waals surface area contributed by atoms with Crippen LogP contribution in [0.15, 0.2) is 48.6 Å². The molecule has 0 bridgehead atoms. The van der Waals surface area contributed by atoms with Gasteiger partial charge in [0, 0.05) is 23.2 Å². The van der Waals surface area contributed by atoms with Crippen molar-refractivity contribution in [3.8, 4) is 17.6 Å². The van der Waals surface area contributed by atoms with Crippen LogP contribution in [0.5, 0.6) is 5.75 Å². The van der Waals surface area contributed by atoms with E-state index in [1.807, 2.05) is 70.2 Å². The lowest BCUT2D eigenvalue weighted by Gasteiger charge is -2.23. The summed E-state index contributed by atoms with van der Waals surface area (Å²) in [5.74, 6) is 6.84. The lowest BCUT2D eigenvalue weighted by Crippen LogP contribution is -2.31. The number of piperidine rings is 1. The number of benzene rings is 2. The molecule has 0 spiro atoms. The van der Waals surface area contributed by atoms with Crippen LogP contribution in [0, 0.1) is 18.8 Å². The van der Waals surface area contributed by atoms with Crippen molar-refractivity contribution in [3.05, 3.63) is 65.2 Å². The summed E-state index contributed by atoms with van der Waals surface area (Å²) in [7, 11) is 7.58. The standard InChI is InChI=1S/C22H24N2O2.C7H13NO.C3H5F3.C3H9N/c1-15(13-19-16(2)8-5-9-20(19)23)7-6-12-24-21-11-10-18(17(3)25)14-22(21)26-4;9-7-6-8-4-2-1-3-5-8;1-2-3(4,5)6;1-4(2)3/h5,8-11,13-14,24-25H,3,12,23H2,1-2,4H3;7H,1-6H2;2H2,1H3;1-3H3/b15-13+;;;. The summed E-state index contributed by atoms with van der Waals surface area (Å²) in [5, 5.41) is 12.7. The Morgan fingerprint density at radius 1 is 1.18 bits per heavy atom. The highest BCUT2D eigenvalue weighted by Crippen LogP contribution is 2.27. The van der Waals surface area contributed by atoms with Crippen LogP contribution < -0.4 is 15.8 Å². The van der Waals surface area contributed by atoms with E-state index in [0.29, 0.717) is 24.4 Å². The number of nitrogens with zero attached hydrogens (tertiary/aromatic N) is 2. The number of aliphatic hydroxyl groups is 1. The van der Waals surface area contributed by atoms with Crippen molar-refractivity contribution in [2.75, 3.05) is 65.5 Å². The molecule has 45 heavy (non-hydrogen) atoms. The number of nitrogens with two attached hydrogens (primary N) is 1. The number of likely N-dealkylation sites (tertiary alicyclic amines) is 1. The Labute approximate surface area is 267 Å². The molecule has 2 aromatic rings. The monoisotopic (exact) mass is 632 g/mol. The van der Waals surface area contributed by atoms with Gasteiger partial charge >= 0.3 is 6.18 Å². The molecule has 0 saturated carbocycles. The smallest absolute Gasteiger partial charge is 0.388 e. The van der Waals surface area contributed by atoms with Crippen LogP contribution in [0.25, 0.3) is 11.8 Å². The van der Waals surface area contributed by atoms with Crippen LogP contribution in [0.1, 0.15) is 56.2 Å². The number of halogens is 3. The van der Waals surface area contributed by atoms with Crippen molar-refractivity contribution < 1.29 is 27.8 Å². The number of carbonyl (C=O) groups is 1. The largest absolute Gasteiger partial charge is 0.508 e. The topological polar surface area (TPSA) is 91.1 Å². The number of aliphatic hydroxyl groups excluding tert-OH is 1. The van der Waals surface area contributed by atoms with Crippen molar-refractivity contribution in [1.82, 2.24) is 9.80 Å². The predicted molar refractivity (Wildman–Crippen MR) is 182 cm³/mol. The van der Waals surface area contributed by atoms with Crippen LogP contribution in [0.3, 0.4) is 0 Å². The van der Waals surface area contributed by atoms with E-state index in [4.69, 9.17) is 10.5 Å². The fraction of sp³-hybridized carbons (Fsp3) is 0.457. The number of anilines is 2. The third kappa shape index (κ3) is 19.9. The number of allylic oxidation sites excluding steroid dienone is 1. The van der Waals surface area contributed by atoms with Crippen LogP contribution in [0.2, 0.25) is 0 Å². The highest BCUT2D eigenvalue weighted by molar-refractivity contribution is 5.71. The van der Waals surface area contributed by atoms with Crippen LogP contribution in [0.4, 0.5) is 24.5 Å². The molecular formula is C35H51F3N4O3. The molecule has 0 unspecified atom stereocenters. The molecule has 1 aliphatic heterocycles. The molecule has 1 fully saturated rings. The number of nitrogens with one attached hydrogen (secondary N) is 1. The van der Waals surface area contributed by atoms with Crippen molar-refractivity contribution in [3.63, 3.8) is 0 Å². The minimum atomic E-state index is -3.96. The normalized spacial score (nSPS) is 12.9.